The van der Waals surface area contributed by atoms with Crippen molar-refractivity contribution in [3.05, 3.63) is 0 Å². The van der Waals surface area contributed by atoms with Gasteiger partial charge in [0.25, 0.3) is 0 Å². The molecule has 7 nitrogen and oxygen atoms in total. The summed E-state index contributed by atoms with van der Waals surface area (Å²) in [6.45, 7) is 2.96. The molecule has 0 aromatic carbocycles. The zero-order chi connectivity index (χ0) is 26.0. The quantitative estimate of drug-likeness (QED) is 0.0627. The predicted octanol–water partition coefficient (Wildman–Crippen LogP) is 6.73. The Morgan fingerprint density at radius 1 is 0.800 bits per heavy atom. The van der Waals surface area contributed by atoms with Crippen molar-refractivity contribution in [2.75, 3.05) is 37.0 Å². The van der Waals surface area contributed by atoms with Gasteiger partial charge in [-0.25, -0.2) is 17.9 Å². The maximum Gasteiger partial charge on any atom is 0.407 e. The molecule has 1 unspecified atom stereocenters. The molecule has 2 N–H and O–H groups in total. The number of hydrogen-bond donors (Lipinski definition) is 2. The molecule has 0 aromatic heterocycles. The molecule has 0 fully saturated rings. The third kappa shape index (κ3) is 25.3. The van der Waals surface area contributed by atoms with Crippen LogP contribution in [0, 0.1) is 0 Å². The van der Waals surface area contributed by atoms with Crippen LogP contribution in [0.4, 0.5) is 4.79 Å². The number of nitrogens with one attached hydrogen (secondary N) is 2. The smallest absolute Gasteiger partial charge is 0.407 e. The van der Waals surface area contributed by atoms with E-state index in [0.29, 0.717) is 13.0 Å². The van der Waals surface area contributed by atoms with Crippen molar-refractivity contribution >= 4 is 38.7 Å². The average Bonchev–Trinajstić information content (AvgIpc) is 2.84. The highest BCUT2D eigenvalue weighted by atomic mass is 127. The van der Waals surface area contributed by atoms with Gasteiger partial charge in [-0.05, 0) is 12.8 Å². The standard InChI is InChI=1S/C26H53IN2O5S/c1-3-4-5-6-7-8-9-10-11-12-13-14-15-16-17-18-21-28-26(30)34-24-25(33-2)23-29-35(31,32)22-19-20-27/h25,29H,3-24H2,1-2H3,(H,28,30). The molecule has 210 valence electrons. The number of alkyl halides is 1. The molecule has 0 bridgehead atoms. The zero-order valence-electron chi connectivity index (χ0n) is 22.5. The molecule has 0 rings (SSSR count). The number of hydrogen-bond acceptors (Lipinski definition) is 5. The number of alkyl carbamates (subject to hydrolysis) is 1. The van der Waals surface area contributed by atoms with Crippen molar-refractivity contribution in [2.45, 2.75) is 122 Å². The van der Waals surface area contributed by atoms with E-state index in [4.69, 9.17) is 9.47 Å². The molecular formula is C26H53IN2O5S. The van der Waals surface area contributed by atoms with Gasteiger partial charge in [-0.3, -0.25) is 0 Å². The van der Waals surface area contributed by atoms with Crippen LogP contribution in [0.3, 0.4) is 0 Å². The van der Waals surface area contributed by atoms with Crippen LogP contribution < -0.4 is 10.0 Å². The number of carbonyl (C=O) groups is 1. The Labute approximate surface area is 229 Å². The molecule has 0 heterocycles. The van der Waals surface area contributed by atoms with Crippen LogP contribution in [0.1, 0.15) is 116 Å². The second kappa shape index (κ2) is 25.5. The third-order valence-electron chi connectivity index (χ3n) is 6.11. The monoisotopic (exact) mass is 632 g/mol. The number of rotatable bonds is 26. The first-order chi connectivity index (χ1) is 16.9. The second-order valence-electron chi connectivity index (χ2n) is 9.40. The number of halogens is 1. The Morgan fingerprint density at radius 2 is 1.29 bits per heavy atom. The number of sulfonamides is 1. The van der Waals surface area contributed by atoms with Gasteiger partial charge < -0.3 is 14.8 Å². The van der Waals surface area contributed by atoms with E-state index < -0.39 is 22.2 Å². The van der Waals surface area contributed by atoms with Gasteiger partial charge in [0, 0.05) is 24.6 Å². The number of ether oxygens (including phenoxy) is 2. The average molecular weight is 633 g/mol. The number of amides is 1. The number of methoxy groups -OCH3 is 1. The maximum absolute atomic E-state index is 11.8. The summed E-state index contributed by atoms with van der Waals surface area (Å²) in [6, 6.07) is 0. The van der Waals surface area contributed by atoms with Gasteiger partial charge in [-0.1, -0.05) is 126 Å². The van der Waals surface area contributed by atoms with E-state index in [9.17, 15) is 13.2 Å². The van der Waals surface area contributed by atoms with E-state index in [0.717, 1.165) is 17.3 Å². The lowest BCUT2D eigenvalue weighted by Crippen LogP contribution is -2.38. The highest BCUT2D eigenvalue weighted by Gasteiger charge is 2.16. The minimum atomic E-state index is -3.32. The van der Waals surface area contributed by atoms with E-state index in [1.165, 1.54) is 97.0 Å². The van der Waals surface area contributed by atoms with E-state index in [1.54, 1.807) is 0 Å². The molecule has 35 heavy (non-hydrogen) atoms. The summed E-state index contributed by atoms with van der Waals surface area (Å²) in [5.74, 6) is 0.0903. The maximum atomic E-state index is 11.8. The number of unbranched alkanes of at least 4 members (excludes halogenated alkanes) is 15. The molecule has 0 radical (unpaired) electrons. The van der Waals surface area contributed by atoms with E-state index >= 15 is 0 Å². The summed E-state index contributed by atoms with van der Waals surface area (Å²) in [4.78, 5) is 11.8. The minimum Gasteiger partial charge on any atom is -0.447 e. The van der Waals surface area contributed by atoms with Crippen molar-refractivity contribution in [3.63, 3.8) is 0 Å². The largest absolute Gasteiger partial charge is 0.447 e. The van der Waals surface area contributed by atoms with E-state index in [-0.39, 0.29) is 18.9 Å². The van der Waals surface area contributed by atoms with Crippen molar-refractivity contribution in [3.8, 4) is 0 Å². The van der Waals surface area contributed by atoms with Crippen molar-refractivity contribution in [2.24, 2.45) is 0 Å². The van der Waals surface area contributed by atoms with Gasteiger partial charge in [0.1, 0.15) is 12.7 Å². The predicted molar refractivity (Wildman–Crippen MR) is 155 cm³/mol. The fourth-order valence-electron chi connectivity index (χ4n) is 3.83. The summed E-state index contributed by atoms with van der Waals surface area (Å²) in [7, 11) is -1.84. The molecule has 0 saturated heterocycles. The van der Waals surface area contributed by atoms with Crippen LogP contribution in [-0.2, 0) is 19.5 Å². The van der Waals surface area contributed by atoms with Crippen LogP contribution in [0.5, 0.6) is 0 Å². The molecule has 0 aliphatic carbocycles. The van der Waals surface area contributed by atoms with Gasteiger partial charge in [0.15, 0.2) is 0 Å². The molecule has 0 aliphatic rings. The summed E-state index contributed by atoms with van der Waals surface area (Å²) in [5, 5.41) is 2.76. The fourth-order valence-corrected chi connectivity index (χ4v) is 5.84. The second-order valence-corrected chi connectivity index (χ2v) is 12.4. The van der Waals surface area contributed by atoms with Crippen LogP contribution >= 0.6 is 22.6 Å². The Kier molecular flexibility index (Phi) is 25.4. The summed E-state index contributed by atoms with van der Waals surface area (Å²) < 4.78 is 37.3. The Morgan fingerprint density at radius 3 is 1.74 bits per heavy atom. The first kappa shape index (κ1) is 34.9. The molecule has 0 aromatic rings. The first-order valence-electron chi connectivity index (χ1n) is 13.9. The summed E-state index contributed by atoms with van der Waals surface area (Å²) >= 11 is 2.15. The minimum absolute atomic E-state index is 0.0100. The van der Waals surface area contributed by atoms with E-state index in [2.05, 4.69) is 39.6 Å². The molecule has 1 amide bonds. The lowest BCUT2D eigenvalue weighted by Gasteiger charge is -2.16. The highest BCUT2D eigenvalue weighted by molar-refractivity contribution is 14.1. The molecule has 1 atom stereocenters. The lowest BCUT2D eigenvalue weighted by molar-refractivity contribution is 0.0384. The normalized spacial score (nSPS) is 12.5. The van der Waals surface area contributed by atoms with Crippen molar-refractivity contribution < 1.29 is 22.7 Å². The van der Waals surface area contributed by atoms with Gasteiger partial charge in [-0.2, -0.15) is 0 Å². The first-order valence-corrected chi connectivity index (χ1v) is 17.1. The zero-order valence-corrected chi connectivity index (χ0v) is 25.4. The van der Waals surface area contributed by atoms with Gasteiger partial charge in [0.2, 0.25) is 10.0 Å². The van der Waals surface area contributed by atoms with Crippen LogP contribution in [-0.4, -0.2) is 57.6 Å². The lowest BCUT2D eigenvalue weighted by atomic mass is 10.0. The SMILES string of the molecule is CCCCCCCCCCCCCCCCCCNC(=O)OCC(CNS(=O)(=O)CCCI)OC. The Hall–Kier alpha value is -0.130. The third-order valence-corrected chi connectivity index (χ3v) is 8.31. The topological polar surface area (TPSA) is 93.7 Å². The molecule has 0 spiro atoms. The Balaban J connectivity index is 3.49. The fraction of sp³-hybridized carbons (Fsp3) is 0.962. The summed E-state index contributed by atoms with van der Waals surface area (Å²) in [5.41, 5.74) is 0. The molecule has 9 heteroatoms. The van der Waals surface area contributed by atoms with E-state index in [1.807, 2.05) is 0 Å². The Bertz CT molecular complexity index is 578. The highest BCUT2D eigenvalue weighted by Crippen LogP contribution is 2.13. The van der Waals surface area contributed by atoms with Crippen molar-refractivity contribution in [1.29, 1.82) is 0 Å². The van der Waals surface area contributed by atoms with Crippen LogP contribution in [0.25, 0.3) is 0 Å². The summed E-state index contributed by atoms with van der Waals surface area (Å²) in [6.07, 6.45) is 20.7. The molecular weight excluding hydrogens is 579 g/mol. The van der Waals surface area contributed by atoms with Crippen LogP contribution in [0.15, 0.2) is 0 Å². The van der Waals surface area contributed by atoms with Gasteiger partial charge >= 0.3 is 6.09 Å². The number of carbonyl (C=O) groups excluding carboxylic acids is 1. The van der Waals surface area contributed by atoms with Gasteiger partial charge in [-0.15, -0.1) is 0 Å². The molecule has 0 aliphatic heterocycles. The van der Waals surface area contributed by atoms with Crippen molar-refractivity contribution in [1.82, 2.24) is 10.0 Å². The van der Waals surface area contributed by atoms with Crippen LogP contribution in [0.2, 0.25) is 0 Å². The molecule has 0 saturated carbocycles. The van der Waals surface area contributed by atoms with Gasteiger partial charge in [0.05, 0.1) is 5.75 Å².